The number of furan rings is 1. The normalized spacial score (nSPS) is 21.9. The van der Waals surface area contributed by atoms with Gasteiger partial charge < -0.3 is 20.2 Å². The van der Waals surface area contributed by atoms with Crippen molar-refractivity contribution in [2.45, 2.75) is 13.0 Å². The summed E-state index contributed by atoms with van der Waals surface area (Å²) in [6.07, 6.45) is -0.448. The molecule has 21 heavy (non-hydrogen) atoms. The Hall–Kier alpha value is -1.92. The molecule has 6 heteroatoms. The number of fused-ring (bicyclic) bond motifs is 1. The minimum Gasteiger partial charge on any atom is -0.451 e. The predicted octanol–water partition coefficient (Wildman–Crippen LogP) is 1.19. The van der Waals surface area contributed by atoms with Crippen LogP contribution in [0.4, 0.5) is 4.39 Å². The molecule has 1 amide bonds. The first-order chi connectivity index (χ1) is 10.1. The van der Waals surface area contributed by atoms with Crippen molar-refractivity contribution in [3.8, 4) is 0 Å². The van der Waals surface area contributed by atoms with Crippen molar-refractivity contribution in [2.24, 2.45) is 5.92 Å². The van der Waals surface area contributed by atoms with Gasteiger partial charge in [-0.3, -0.25) is 4.79 Å². The van der Waals surface area contributed by atoms with Gasteiger partial charge in [-0.15, -0.1) is 0 Å². The molecule has 2 heterocycles. The van der Waals surface area contributed by atoms with Gasteiger partial charge in [-0.1, -0.05) is 0 Å². The fraction of sp³-hybridized carbons (Fsp3) is 0.400. The third kappa shape index (κ3) is 2.64. The van der Waals surface area contributed by atoms with Crippen molar-refractivity contribution >= 4 is 16.9 Å². The van der Waals surface area contributed by atoms with Crippen LogP contribution in [-0.2, 0) is 0 Å². The van der Waals surface area contributed by atoms with Crippen molar-refractivity contribution in [1.29, 1.82) is 0 Å². The largest absolute Gasteiger partial charge is 0.451 e. The van der Waals surface area contributed by atoms with Crippen molar-refractivity contribution in [2.75, 3.05) is 19.6 Å². The van der Waals surface area contributed by atoms with Crippen LogP contribution in [0, 0.1) is 18.7 Å². The van der Waals surface area contributed by atoms with Crippen LogP contribution in [0.5, 0.6) is 0 Å². The van der Waals surface area contributed by atoms with E-state index in [0.717, 1.165) is 0 Å². The fourth-order valence-corrected chi connectivity index (χ4v) is 2.64. The number of carbonyl (C=O) groups excluding carboxylic acids is 1. The molecule has 0 radical (unpaired) electrons. The minimum atomic E-state index is -0.448. The number of aliphatic hydroxyl groups excluding tert-OH is 1. The van der Waals surface area contributed by atoms with E-state index in [9.17, 15) is 14.3 Å². The van der Waals surface area contributed by atoms with Crippen molar-refractivity contribution in [1.82, 2.24) is 10.6 Å². The Bertz CT molecular complexity index is 683. The van der Waals surface area contributed by atoms with E-state index in [4.69, 9.17) is 4.42 Å². The molecular weight excluding hydrogens is 275 g/mol. The van der Waals surface area contributed by atoms with Crippen molar-refractivity contribution in [3.63, 3.8) is 0 Å². The summed E-state index contributed by atoms with van der Waals surface area (Å²) in [6.45, 7) is 3.32. The van der Waals surface area contributed by atoms with Crippen LogP contribution >= 0.6 is 0 Å². The van der Waals surface area contributed by atoms with E-state index >= 15 is 0 Å². The maximum atomic E-state index is 13.2. The highest BCUT2D eigenvalue weighted by Crippen LogP contribution is 2.26. The molecule has 2 atom stereocenters. The first-order valence-electron chi connectivity index (χ1n) is 6.92. The van der Waals surface area contributed by atoms with Crippen LogP contribution in [0.2, 0.25) is 0 Å². The average molecular weight is 292 g/mol. The molecule has 2 aromatic rings. The predicted molar refractivity (Wildman–Crippen MR) is 75.6 cm³/mol. The number of halogens is 1. The molecule has 5 nitrogen and oxygen atoms in total. The number of nitrogens with one attached hydrogen (secondary N) is 2. The SMILES string of the molecule is Cc1c(C(=O)NCC2CNCC2O)oc2ccc(F)cc12. The van der Waals surface area contributed by atoms with Gasteiger partial charge in [0.1, 0.15) is 11.4 Å². The zero-order valence-corrected chi connectivity index (χ0v) is 11.6. The smallest absolute Gasteiger partial charge is 0.287 e. The summed E-state index contributed by atoms with van der Waals surface area (Å²) in [7, 11) is 0. The van der Waals surface area contributed by atoms with E-state index in [2.05, 4.69) is 10.6 Å². The number of hydrogen-bond acceptors (Lipinski definition) is 4. The zero-order valence-electron chi connectivity index (χ0n) is 11.6. The Labute approximate surface area is 121 Å². The summed E-state index contributed by atoms with van der Waals surface area (Å²) in [5, 5.41) is 16.1. The quantitative estimate of drug-likeness (QED) is 0.794. The lowest BCUT2D eigenvalue weighted by Gasteiger charge is -2.13. The van der Waals surface area contributed by atoms with Crippen molar-refractivity contribution in [3.05, 3.63) is 35.3 Å². The van der Waals surface area contributed by atoms with Gasteiger partial charge in [-0.25, -0.2) is 4.39 Å². The minimum absolute atomic E-state index is 0.00363. The Morgan fingerprint density at radius 1 is 1.52 bits per heavy atom. The number of carbonyl (C=O) groups is 1. The molecule has 0 aliphatic carbocycles. The number of benzene rings is 1. The van der Waals surface area contributed by atoms with E-state index in [-0.39, 0.29) is 23.4 Å². The highest BCUT2D eigenvalue weighted by Gasteiger charge is 2.26. The van der Waals surface area contributed by atoms with Crippen LogP contribution in [0.15, 0.2) is 22.6 Å². The van der Waals surface area contributed by atoms with Crippen molar-refractivity contribution < 1.29 is 18.7 Å². The second-order valence-corrected chi connectivity index (χ2v) is 5.39. The van der Waals surface area contributed by atoms with Gasteiger partial charge in [0.25, 0.3) is 5.91 Å². The lowest BCUT2D eigenvalue weighted by molar-refractivity contribution is 0.0901. The highest BCUT2D eigenvalue weighted by atomic mass is 19.1. The van der Waals surface area contributed by atoms with Crippen LogP contribution in [0.25, 0.3) is 11.0 Å². The van der Waals surface area contributed by atoms with Crippen LogP contribution in [0.3, 0.4) is 0 Å². The maximum Gasteiger partial charge on any atom is 0.287 e. The van der Waals surface area contributed by atoms with E-state index in [0.29, 0.717) is 36.2 Å². The third-order valence-electron chi connectivity index (χ3n) is 3.93. The Morgan fingerprint density at radius 3 is 3.05 bits per heavy atom. The topological polar surface area (TPSA) is 74.5 Å². The van der Waals surface area contributed by atoms with Gasteiger partial charge in [-0.05, 0) is 25.1 Å². The third-order valence-corrected chi connectivity index (χ3v) is 3.93. The molecule has 1 aliphatic rings. The van der Waals surface area contributed by atoms with Gasteiger partial charge in [-0.2, -0.15) is 0 Å². The Balaban J connectivity index is 1.76. The Morgan fingerprint density at radius 2 is 2.33 bits per heavy atom. The number of aliphatic hydroxyl groups is 1. The summed E-state index contributed by atoms with van der Waals surface area (Å²) in [5.41, 5.74) is 1.11. The summed E-state index contributed by atoms with van der Waals surface area (Å²) >= 11 is 0. The van der Waals surface area contributed by atoms with E-state index < -0.39 is 6.10 Å². The lowest BCUT2D eigenvalue weighted by atomic mass is 10.1. The van der Waals surface area contributed by atoms with Crippen LogP contribution < -0.4 is 10.6 Å². The molecule has 1 aromatic carbocycles. The van der Waals surface area contributed by atoms with E-state index in [1.165, 1.54) is 18.2 Å². The average Bonchev–Trinajstić information content (AvgIpc) is 3.01. The lowest BCUT2D eigenvalue weighted by Crippen LogP contribution is -2.34. The standard InChI is InChI=1S/C15H17FN2O3/c1-8-11-4-10(16)2-3-13(11)21-14(8)15(20)18-6-9-5-17-7-12(9)19/h2-4,9,12,17,19H,5-7H2,1H3,(H,18,20). The first kappa shape index (κ1) is 14.0. The van der Waals surface area contributed by atoms with E-state index in [1.54, 1.807) is 6.92 Å². The molecule has 1 saturated heterocycles. The molecule has 0 saturated carbocycles. The molecule has 1 aromatic heterocycles. The summed E-state index contributed by atoms with van der Waals surface area (Å²) < 4.78 is 18.7. The number of β-amino-alcohol motifs (C(OH)–C–C–N with tert-alkyl or cyclic N) is 1. The van der Waals surface area contributed by atoms with Gasteiger partial charge in [0.15, 0.2) is 5.76 Å². The number of rotatable bonds is 3. The summed E-state index contributed by atoms with van der Waals surface area (Å²) in [5.74, 6) is -0.520. The molecule has 1 fully saturated rings. The molecule has 3 N–H and O–H groups in total. The van der Waals surface area contributed by atoms with Gasteiger partial charge in [0, 0.05) is 36.5 Å². The summed E-state index contributed by atoms with van der Waals surface area (Å²) in [4.78, 5) is 12.2. The van der Waals surface area contributed by atoms with Gasteiger partial charge in [0.05, 0.1) is 6.10 Å². The number of aryl methyl sites for hydroxylation is 1. The maximum absolute atomic E-state index is 13.2. The molecular formula is C15H17FN2O3. The Kier molecular flexibility index (Phi) is 3.65. The fourth-order valence-electron chi connectivity index (χ4n) is 2.64. The molecule has 112 valence electrons. The second-order valence-electron chi connectivity index (χ2n) is 5.39. The number of hydrogen-bond donors (Lipinski definition) is 3. The monoisotopic (exact) mass is 292 g/mol. The molecule has 0 spiro atoms. The van der Waals surface area contributed by atoms with Gasteiger partial charge in [0.2, 0.25) is 0 Å². The van der Waals surface area contributed by atoms with Crippen LogP contribution in [-0.4, -0.2) is 36.8 Å². The highest BCUT2D eigenvalue weighted by molar-refractivity contribution is 5.98. The molecule has 1 aliphatic heterocycles. The van der Waals surface area contributed by atoms with E-state index in [1.807, 2.05) is 0 Å². The summed E-state index contributed by atoms with van der Waals surface area (Å²) in [6, 6.07) is 4.17. The second kappa shape index (κ2) is 5.46. The molecule has 2 unspecified atom stereocenters. The first-order valence-corrected chi connectivity index (χ1v) is 6.92. The zero-order chi connectivity index (χ0) is 15.0. The molecule has 3 rings (SSSR count). The van der Waals surface area contributed by atoms with Gasteiger partial charge >= 0.3 is 0 Å². The number of amides is 1. The van der Waals surface area contributed by atoms with Crippen LogP contribution in [0.1, 0.15) is 16.1 Å². The molecule has 0 bridgehead atoms.